The van der Waals surface area contributed by atoms with Crippen molar-refractivity contribution in [1.82, 2.24) is 14.8 Å². The second-order valence-electron chi connectivity index (χ2n) is 8.43. The van der Waals surface area contributed by atoms with Crippen LogP contribution < -0.4 is 9.64 Å². The van der Waals surface area contributed by atoms with Gasteiger partial charge in [0.1, 0.15) is 0 Å². The van der Waals surface area contributed by atoms with E-state index < -0.39 is 18.3 Å². The molecule has 5 rings (SSSR count). The summed E-state index contributed by atoms with van der Waals surface area (Å²) in [5.41, 5.74) is 2.86. The number of fused-ring (bicyclic) bond motifs is 2. The van der Waals surface area contributed by atoms with E-state index in [0.717, 1.165) is 35.7 Å². The van der Waals surface area contributed by atoms with E-state index in [4.69, 9.17) is 4.74 Å². The largest absolute Gasteiger partial charge is 0.467 e. The van der Waals surface area contributed by atoms with E-state index in [1.54, 1.807) is 17.0 Å². The predicted octanol–water partition coefficient (Wildman–Crippen LogP) is 5.28. The first-order valence-electron chi connectivity index (χ1n) is 11.3. The van der Waals surface area contributed by atoms with Crippen LogP contribution in [0.15, 0.2) is 54.6 Å². The highest BCUT2D eigenvalue weighted by Crippen LogP contribution is 2.38. The van der Waals surface area contributed by atoms with Crippen LogP contribution in [0.25, 0.3) is 16.7 Å². The molecule has 0 radical (unpaired) electrons. The molecule has 6 nitrogen and oxygen atoms in total. The van der Waals surface area contributed by atoms with Crippen molar-refractivity contribution in [1.29, 1.82) is 0 Å². The third kappa shape index (κ3) is 4.22. The molecule has 1 amide bonds. The van der Waals surface area contributed by atoms with E-state index in [1.807, 2.05) is 43.3 Å². The molecular weight excluding hydrogens is 457 g/mol. The molecule has 2 aromatic carbocycles. The number of rotatable bonds is 5. The fourth-order valence-electron chi connectivity index (χ4n) is 4.43. The molecule has 0 atom stereocenters. The lowest BCUT2D eigenvalue weighted by Gasteiger charge is -2.18. The van der Waals surface area contributed by atoms with E-state index in [0.29, 0.717) is 12.2 Å². The molecule has 180 valence electrons. The summed E-state index contributed by atoms with van der Waals surface area (Å²) in [6, 6.07) is 15.8. The highest BCUT2D eigenvalue weighted by atomic mass is 19.4. The molecule has 0 saturated carbocycles. The van der Waals surface area contributed by atoms with Crippen molar-refractivity contribution in [3.8, 4) is 11.6 Å². The number of hydrogen-bond acceptors (Lipinski definition) is 4. The topological polar surface area (TPSA) is 60.3 Å². The lowest BCUT2D eigenvalue weighted by atomic mass is 10.1. The number of aryl methyl sites for hydroxylation is 2. The Morgan fingerprint density at radius 3 is 2.57 bits per heavy atom. The van der Waals surface area contributed by atoms with Gasteiger partial charge in [-0.25, -0.2) is 4.68 Å². The average molecular weight is 480 g/mol. The predicted molar refractivity (Wildman–Crippen MR) is 126 cm³/mol. The van der Waals surface area contributed by atoms with Gasteiger partial charge >= 0.3 is 6.18 Å². The van der Waals surface area contributed by atoms with Crippen LogP contribution in [0.3, 0.4) is 0 Å². The fraction of sp³-hybridized carbons (Fsp3) is 0.269. The fourth-order valence-corrected chi connectivity index (χ4v) is 4.43. The molecule has 0 spiro atoms. The molecule has 1 aliphatic heterocycles. The van der Waals surface area contributed by atoms with Gasteiger partial charge in [0.2, 0.25) is 5.88 Å². The van der Waals surface area contributed by atoms with E-state index in [9.17, 15) is 18.0 Å². The summed E-state index contributed by atoms with van der Waals surface area (Å²) >= 11 is 0. The van der Waals surface area contributed by atoms with Gasteiger partial charge < -0.3 is 9.64 Å². The molecule has 3 heterocycles. The standard InChI is InChI=1S/C26H23F3N4O2/c1-3-17-8-10-19(11-9-17)33-25-24(16(2)31-33)20(26(27,28)29)14-22(30-25)35-15-23(34)32-13-12-18-6-4-5-7-21(18)32/h4-11,14H,3,12-13,15H2,1-2H3. The SMILES string of the molecule is CCc1ccc(-n2nc(C)c3c(C(F)(F)F)cc(OCC(=O)N4CCc5ccccc54)nc32)cc1. The Hall–Kier alpha value is -3.88. The normalized spacial score (nSPS) is 13.3. The van der Waals surface area contributed by atoms with Gasteiger partial charge in [0.05, 0.1) is 22.3 Å². The van der Waals surface area contributed by atoms with Crippen molar-refractivity contribution in [2.45, 2.75) is 32.9 Å². The Bertz CT molecular complexity index is 1410. The molecular formula is C26H23F3N4O2. The van der Waals surface area contributed by atoms with Crippen molar-refractivity contribution >= 4 is 22.6 Å². The van der Waals surface area contributed by atoms with Gasteiger partial charge in [-0.15, -0.1) is 0 Å². The molecule has 0 saturated heterocycles. The van der Waals surface area contributed by atoms with E-state index in [2.05, 4.69) is 10.1 Å². The molecule has 2 aromatic heterocycles. The van der Waals surface area contributed by atoms with Crippen LogP contribution >= 0.6 is 0 Å². The molecule has 0 aliphatic carbocycles. The Kier molecular flexibility index (Phi) is 5.70. The third-order valence-electron chi connectivity index (χ3n) is 6.22. The Balaban J connectivity index is 1.50. The van der Waals surface area contributed by atoms with Crippen molar-refractivity contribution in [3.05, 3.63) is 77.0 Å². The van der Waals surface area contributed by atoms with Crippen LogP contribution in [0.1, 0.15) is 29.3 Å². The van der Waals surface area contributed by atoms with Crippen LogP contribution in [0.4, 0.5) is 18.9 Å². The van der Waals surface area contributed by atoms with Gasteiger partial charge in [-0.05, 0) is 49.1 Å². The number of carbonyl (C=O) groups is 1. The second-order valence-corrected chi connectivity index (χ2v) is 8.43. The van der Waals surface area contributed by atoms with Crippen molar-refractivity contribution in [3.63, 3.8) is 0 Å². The maximum Gasteiger partial charge on any atom is 0.417 e. The molecule has 0 fully saturated rings. The summed E-state index contributed by atoms with van der Waals surface area (Å²) in [5, 5.41) is 4.24. The smallest absolute Gasteiger partial charge is 0.417 e. The number of anilines is 1. The van der Waals surface area contributed by atoms with Gasteiger partial charge in [0, 0.05) is 18.3 Å². The first-order chi connectivity index (χ1) is 16.8. The Labute approximate surface area is 199 Å². The summed E-state index contributed by atoms with van der Waals surface area (Å²) in [6.45, 7) is 3.61. The number of amides is 1. The Morgan fingerprint density at radius 1 is 1.11 bits per heavy atom. The van der Waals surface area contributed by atoms with Gasteiger partial charge in [-0.1, -0.05) is 37.3 Å². The first kappa shape index (κ1) is 22.9. The molecule has 0 N–H and O–H groups in total. The lowest BCUT2D eigenvalue weighted by Crippen LogP contribution is -2.33. The molecule has 0 unspecified atom stereocenters. The van der Waals surface area contributed by atoms with Gasteiger partial charge in [-0.2, -0.15) is 23.3 Å². The summed E-state index contributed by atoms with van der Waals surface area (Å²) in [6.07, 6.45) is -3.09. The number of halogens is 3. The summed E-state index contributed by atoms with van der Waals surface area (Å²) < 4.78 is 48.9. The number of alkyl halides is 3. The summed E-state index contributed by atoms with van der Waals surface area (Å²) in [5.74, 6) is -0.623. The van der Waals surface area contributed by atoms with Crippen LogP contribution in [-0.4, -0.2) is 33.8 Å². The van der Waals surface area contributed by atoms with Gasteiger partial charge in [0.15, 0.2) is 12.3 Å². The van der Waals surface area contributed by atoms with Crippen LogP contribution in [0.2, 0.25) is 0 Å². The Morgan fingerprint density at radius 2 is 1.86 bits per heavy atom. The number of nitrogens with zero attached hydrogens (tertiary/aromatic N) is 4. The molecule has 35 heavy (non-hydrogen) atoms. The van der Waals surface area contributed by atoms with E-state index >= 15 is 0 Å². The number of benzene rings is 2. The second kappa shape index (κ2) is 8.72. The minimum Gasteiger partial charge on any atom is -0.467 e. The minimum absolute atomic E-state index is 0.0236. The number of hydrogen-bond donors (Lipinski definition) is 0. The number of carbonyl (C=O) groups excluding carboxylic acids is 1. The molecule has 4 aromatic rings. The molecule has 9 heteroatoms. The molecule has 0 bridgehead atoms. The van der Waals surface area contributed by atoms with E-state index in [-0.39, 0.29) is 28.5 Å². The highest BCUT2D eigenvalue weighted by molar-refractivity contribution is 5.96. The average Bonchev–Trinajstić information content (AvgIpc) is 3.43. The van der Waals surface area contributed by atoms with Crippen LogP contribution in [-0.2, 0) is 23.8 Å². The zero-order chi connectivity index (χ0) is 24.7. The summed E-state index contributed by atoms with van der Waals surface area (Å²) in [7, 11) is 0. The van der Waals surface area contributed by atoms with Crippen molar-refractivity contribution < 1.29 is 22.7 Å². The number of pyridine rings is 1. The van der Waals surface area contributed by atoms with Gasteiger partial charge in [-0.3, -0.25) is 4.79 Å². The number of aromatic nitrogens is 3. The van der Waals surface area contributed by atoms with Crippen molar-refractivity contribution in [2.24, 2.45) is 0 Å². The highest BCUT2D eigenvalue weighted by Gasteiger charge is 2.36. The quantitative estimate of drug-likeness (QED) is 0.390. The maximum absolute atomic E-state index is 14.0. The minimum atomic E-state index is -4.65. The maximum atomic E-state index is 14.0. The third-order valence-corrected chi connectivity index (χ3v) is 6.22. The summed E-state index contributed by atoms with van der Waals surface area (Å²) in [4.78, 5) is 18.7. The number of para-hydroxylation sites is 1. The van der Waals surface area contributed by atoms with Gasteiger partial charge in [0.25, 0.3) is 5.91 Å². The van der Waals surface area contributed by atoms with Crippen LogP contribution in [0, 0.1) is 6.92 Å². The van der Waals surface area contributed by atoms with E-state index in [1.165, 1.54) is 11.6 Å². The first-order valence-corrected chi connectivity index (χ1v) is 11.3. The zero-order valence-electron chi connectivity index (χ0n) is 19.3. The zero-order valence-corrected chi connectivity index (χ0v) is 19.3. The monoisotopic (exact) mass is 480 g/mol. The lowest BCUT2D eigenvalue weighted by molar-refractivity contribution is -0.136. The number of ether oxygens (including phenoxy) is 1. The van der Waals surface area contributed by atoms with Crippen molar-refractivity contribution in [2.75, 3.05) is 18.1 Å². The van der Waals surface area contributed by atoms with Crippen LogP contribution in [0.5, 0.6) is 5.88 Å². The molecule has 1 aliphatic rings.